The molecule has 0 bridgehead atoms. The summed E-state index contributed by atoms with van der Waals surface area (Å²) in [5.74, 6) is 0.552. The Kier molecular flexibility index (Phi) is 4.05. The third-order valence-electron chi connectivity index (χ3n) is 4.25. The Morgan fingerprint density at radius 3 is 2.42 bits per heavy atom. The van der Waals surface area contributed by atoms with E-state index in [0.717, 1.165) is 28.2 Å². The fourth-order valence-electron chi connectivity index (χ4n) is 3.04. The Morgan fingerprint density at radius 2 is 1.69 bits per heavy atom. The molecule has 0 spiro atoms. The Morgan fingerprint density at radius 1 is 0.962 bits per heavy atom. The van der Waals surface area contributed by atoms with E-state index in [9.17, 15) is 0 Å². The maximum Gasteiger partial charge on any atom is 0.229 e. The fourth-order valence-corrected chi connectivity index (χ4v) is 3.33. The summed E-state index contributed by atoms with van der Waals surface area (Å²) in [6.45, 7) is 6.08. The molecule has 26 heavy (non-hydrogen) atoms. The third-order valence-corrected chi connectivity index (χ3v) is 4.54. The second kappa shape index (κ2) is 6.38. The Labute approximate surface area is 156 Å². The molecule has 2 heterocycles. The number of nitrogens with one attached hydrogen (secondary N) is 2. The standard InChI is InChI=1S/C20H19N5S/c1-12-6-4-8-15(10-12)22-19-21-14(3)17-18(24-19)25(20(26)23-17)16-9-5-7-13(2)11-16/h4-11H,1-3H3,(H,23,26)(H,21,22,24). The molecule has 130 valence electrons. The minimum atomic E-state index is 0.552. The van der Waals surface area contributed by atoms with Crippen LogP contribution >= 0.6 is 12.2 Å². The number of benzene rings is 2. The molecule has 0 unspecified atom stereocenters. The van der Waals surface area contributed by atoms with Crippen molar-refractivity contribution in [2.24, 2.45) is 0 Å². The second-order valence-electron chi connectivity index (χ2n) is 6.43. The molecule has 0 aliphatic rings. The van der Waals surface area contributed by atoms with Crippen LogP contribution in [0, 0.1) is 25.5 Å². The van der Waals surface area contributed by atoms with Crippen molar-refractivity contribution in [3.63, 3.8) is 0 Å². The van der Waals surface area contributed by atoms with Crippen molar-refractivity contribution in [1.29, 1.82) is 0 Å². The first-order valence-electron chi connectivity index (χ1n) is 8.41. The van der Waals surface area contributed by atoms with Crippen molar-refractivity contribution >= 4 is 35.0 Å². The number of aryl methyl sites for hydroxylation is 3. The first kappa shape index (κ1) is 16.5. The number of imidazole rings is 1. The molecule has 2 aromatic carbocycles. The van der Waals surface area contributed by atoms with E-state index in [1.165, 1.54) is 11.1 Å². The van der Waals surface area contributed by atoms with Crippen LogP contribution < -0.4 is 5.32 Å². The lowest BCUT2D eigenvalue weighted by molar-refractivity contribution is 1.03. The average Bonchev–Trinajstić information content (AvgIpc) is 2.91. The minimum absolute atomic E-state index is 0.552. The van der Waals surface area contributed by atoms with Gasteiger partial charge in [0.15, 0.2) is 10.4 Å². The summed E-state index contributed by atoms with van der Waals surface area (Å²) in [7, 11) is 0. The number of nitrogens with zero attached hydrogens (tertiary/aromatic N) is 3. The third kappa shape index (κ3) is 2.99. The number of hydrogen-bond donors (Lipinski definition) is 2. The van der Waals surface area contributed by atoms with Gasteiger partial charge >= 0.3 is 0 Å². The zero-order valence-corrected chi connectivity index (χ0v) is 15.7. The second-order valence-corrected chi connectivity index (χ2v) is 6.82. The van der Waals surface area contributed by atoms with Crippen LogP contribution in [0.2, 0.25) is 0 Å². The highest BCUT2D eigenvalue weighted by Crippen LogP contribution is 2.23. The molecule has 4 aromatic rings. The van der Waals surface area contributed by atoms with E-state index in [-0.39, 0.29) is 0 Å². The summed E-state index contributed by atoms with van der Waals surface area (Å²) in [6, 6.07) is 16.3. The molecule has 0 amide bonds. The number of aromatic nitrogens is 4. The van der Waals surface area contributed by atoms with E-state index in [0.29, 0.717) is 10.7 Å². The summed E-state index contributed by atoms with van der Waals surface area (Å²) in [4.78, 5) is 12.5. The molecule has 0 aliphatic heterocycles. The molecule has 0 saturated heterocycles. The van der Waals surface area contributed by atoms with E-state index in [4.69, 9.17) is 17.2 Å². The van der Waals surface area contributed by atoms with Crippen LogP contribution in [0.15, 0.2) is 48.5 Å². The molecular formula is C20H19N5S. The molecule has 0 fully saturated rings. The van der Waals surface area contributed by atoms with Crippen molar-refractivity contribution < 1.29 is 0 Å². The maximum absolute atomic E-state index is 5.55. The fraction of sp³-hybridized carbons (Fsp3) is 0.150. The normalized spacial score (nSPS) is 11.0. The molecular weight excluding hydrogens is 342 g/mol. The van der Waals surface area contributed by atoms with Crippen LogP contribution in [0.4, 0.5) is 11.6 Å². The zero-order chi connectivity index (χ0) is 18.3. The van der Waals surface area contributed by atoms with Crippen molar-refractivity contribution in [3.8, 4) is 5.69 Å². The van der Waals surface area contributed by atoms with Crippen LogP contribution in [0.3, 0.4) is 0 Å². The van der Waals surface area contributed by atoms with Gasteiger partial charge in [-0.1, -0.05) is 24.3 Å². The van der Waals surface area contributed by atoms with Crippen LogP contribution in [0.25, 0.3) is 16.9 Å². The zero-order valence-electron chi connectivity index (χ0n) is 14.9. The van der Waals surface area contributed by atoms with Crippen molar-refractivity contribution in [2.45, 2.75) is 20.8 Å². The van der Waals surface area contributed by atoms with Crippen molar-refractivity contribution in [3.05, 3.63) is 70.1 Å². The van der Waals surface area contributed by atoms with E-state index < -0.39 is 0 Å². The van der Waals surface area contributed by atoms with Gasteiger partial charge < -0.3 is 10.3 Å². The summed E-state index contributed by atoms with van der Waals surface area (Å²) in [5, 5.41) is 3.29. The van der Waals surface area contributed by atoms with Crippen molar-refractivity contribution in [2.75, 3.05) is 5.32 Å². The molecule has 4 rings (SSSR count). The minimum Gasteiger partial charge on any atom is -0.327 e. The molecule has 0 saturated carbocycles. The van der Waals surface area contributed by atoms with Crippen LogP contribution in [-0.4, -0.2) is 19.5 Å². The van der Waals surface area contributed by atoms with Gasteiger partial charge in [-0.2, -0.15) is 4.98 Å². The van der Waals surface area contributed by atoms with Gasteiger partial charge in [0, 0.05) is 5.69 Å². The highest BCUT2D eigenvalue weighted by Gasteiger charge is 2.13. The first-order chi connectivity index (χ1) is 12.5. The molecule has 0 aliphatic carbocycles. The molecule has 5 nitrogen and oxygen atoms in total. The van der Waals surface area contributed by atoms with Gasteiger partial charge in [-0.05, 0) is 68.4 Å². The quantitative estimate of drug-likeness (QED) is 0.496. The predicted octanol–water partition coefficient (Wildman–Crippen LogP) is 5.15. The van der Waals surface area contributed by atoms with Gasteiger partial charge in [0.05, 0.1) is 11.4 Å². The van der Waals surface area contributed by atoms with E-state index in [1.807, 2.05) is 35.8 Å². The summed E-state index contributed by atoms with van der Waals surface area (Å²) in [5.41, 5.74) is 6.76. The highest BCUT2D eigenvalue weighted by molar-refractivity contribution is 7.71. The Hall–Kier alpha value is -2.99. The van der Waals surface area contributed by atoms with E-state index >= 15 is 0 Å². The van der Waals surface area contributed by atoms with Crippen LogP contribution in [-0.2, 0) is 0 Å². The van der Waals surface area contributed by atoms with Crippen molar-refractivity contribution in [1.82, 2.24) is 19.5 Å². The molecule has 2 aromatic heterocycles. The van der Waals surface area contributed by atoms with Gasteiger partial charge in [0.2, 0.25) is 5.95 Å². The molecule has 6 heteroatoms. The van der Waals surface area contributed by atoms with Gasteiger partial charge in [0.1, 0.15) is 5.52 Å². The Balaban J connectivity index is 1.88. The number of hydrogen-bond acceptors (Lipinski definition) is 4. The Bertz CT molecular complexity index is 1170. The number of rotatable bonds is 3. The van der Waals surface area contributed by atoms with Gasteiger partial charge in [-0.25, -0.2) is 4.98 Å². The van der Waals surface area contributed by atoms with Gasteiger partial charge in [-0.15, -0.1) is 0 Å². The van der Waals surface area contributed by atoms with Crippen LogP contribution in [0.5, 0.6) is 0 Å². The lowest BCUT2D eigenvalue weighted by atomic mass is 10.2. The summed E-state index contributed by atoms with van der Waals surface area (Å²) >= 11 is 5.55. The number of aromatic amines is 1. The largest absolute Gasteiger partial charge is 0.327 e. The lowest BCUT2D eigenvalue weighted by Crippen LogP contribution is -2.02. The number of H-pyrrole nitrogens is 1. The van der Waals surface area contributed by atoms with Gasteiger partial charge in [0.25, 0.3) is 0 Å². The van der Waals surface area contributed by atoms with E-state index in [2.05, 4.69) is 53.4 Å². The van der Waals surface area contributed by atoms with Gasteiger partial charge in [-0.3, -0.25) is 4.57 Å². The highest BCUT2D eigenvalue weighted by atomic mass is 32.1. The lowest BCUT2D eigenvalue weighted by Gasteiger charge is -2.09. The van der Waals surface area contributed by atoms with Crippen LogP contribution in [0.1, 0.15) is 16.8 Å². The smallest absolute Gasteiger partial charge is 0.229 e. The molecule has 0 radical (unpaired) electrons. The molecule has 0 atom stereocenters. The molecule has 2 N–H and O–H groups in total. The monoisotopic (exact) mass is 361 g/mol. The SMILES string of the molecule is Cc1cccc(Nc2nc(C)c3[nH]c(=S)n(-c4cccc(C)c4)c3n2)c1. The number of fused-ring (bicyclic) bond motifs is 1. The summed E-state index contributed by atoms with van der Waals surface area (Å²) in [6.07, 6.45) is 0. The average molecular weight is 361 g/mol. The number of anilines is 2. The summed E-state index contributed by atoms with van der Waals surface area (Å²) < 4.78 is 2.56. The first-order valence-corrected chi connectivity index (χ1v) is 8.82. The topological polar surface area (TPSA) is 58.5 Å². The van der Waals surface area contributed by atoms with E-state index in [1.54, 1.807) is 0 Å². The maximum atomic E-state index is 5.55. The predicted molar refractivity (Wildman–Crippen MR) is 108 cm³/mol.